The number of nitrogens with one attached hydrogen (secondary N) is 1. The highest BCUT2D eigenvalue weighted by Crippen LogP contribution is 2.38. The number of thioether (sulfide) groups is 1. The maximum atomic E-state index is 3.83. The Bertz CT molecular complexity index is 213. The van der Waals surface area contributed by atoms with Gasteiger partial charge in [0.05, 0.1) is 0 Å². The molecule has 0 aromatic carbocycles. The molecule has 0 spiro atoms. The standard InChI is InChI=1S/C15H29NS/c1-3-12-6-5-7-13(10-12)15(16-4-2)14-8-9-17-11-14/h12-16H,3-11H2,1-2H3. The molecule has 17 heavy (non-hydrogen) atoms. The van der Waals surface area contributed by atoms with Crippen molar-refractivity contribution >= 4 is 11.8 Å². The Kier molecular flexibility index (Phi) is 5.68. The van der Waals surface area contributed by atoms with E-state index >= 15 is 0 Å². The summed E-state index contributed by atoms with van der Waals surface area (Å²) in [4.78, 5) is 0. The Hall–Kier alpha value is 0.310. The van der Waals surface area contributed by atoms with Gasteiger partial charge in [-0.15, -0.1) is 0 Å². The molecule has 1 saturated carbocycles. The molecule has 2 aliphatic rings. The van der Waals surface area contributed by atoms with Gasteiger partial charge >= 0.3 is 0 Å². The van der Waals surface area contributed by atoms with Crippen molar-refractivity contribution in [1.82, 2.24) is 5.32 Å². The Morgan fingerprint density at radius 3 is 2.71 bits per heavy atom. The van der Waals surface area contributed by atoms with Crippen LogP contribution in [0.3, 0.4) is 0 Å². The van der Waals surface area contributed by atoms with Crippen LogP contribution in [0.5, 0.6) is 0 Å². The van der Waals surface area contributed by atoms with Gasteiger partial charge in [0.2, 0.25) is 0 Å². The van der Waals surface area contributed by atoms with E-state index < -0.39 is 0 Å². The van der Waals surface area contributed by atoms with Crippen molar-refractivity contribution in [1.29, 1.82) is 0 Å². The summed E-state index contributed by atoms with van der Waals surface area (Å²) in [7, 11) is 0. The maximum Gasteiger partial charge on any atom is 0.0132 e. The predicted molar refractivity (Wildman–Crippen MR) is 78.6 cm³/mol. The number of rotatable bonds is 5. The fourth-order valence-electron chi connectivity index (χ4n) is 3.82. The second-order valence-corrected chi connectivity index (χ2v) is 7.06. The summed E-state index contributed by atoms with van der Waals surface area (Å²) in [6.07, 6.45) is 8.80. The monoisotopic (exact) mass is 255 g/mol. The second-order valence-electron chi connectivity index (χ2n) is 5.91. The molecule has 1 aliphatic carbocycles. The normalized spacial score (nSPS) is 36.0. The molecule has 1 N–H and O–H groups in total. The first-order valence-corrected chi connectivity index (χ1v) is 8.81. The van der Waals surface area contributed by atoms with E-state index in [1.165, 1.54) is 50.0 Å². The summed E-state index contributed by atoms with van der Waals surface area (Å²) in [6.45, 7) is 5.80. The first-order valence-electron chi connectivity index (χ1n) is 7.66. The van der Waals surface area contributed by atoms with Gasteiger partial charge in [0.15, 0.2) is 0 Å². The van der Waals surface area contributed by atoms with Crippen LogP contribution in [0.15, 0.2) is 0 Å². The molecule has 4 unspecified atom stereocenters. The van der Waals surface area contributed by atoms with Crippen LogP contribution in [0, 0.1) is 17.8 Å². The molecule has 4 atom stereocenters. The molecular weight excluding hydrogens is 226 g/mol. The first-order chi connectivity index (χ1) is 8.35. The van der Waals surface area contributed by atoms with Crippen molar-refractivity contribution in [3.05, 3.63) is 0 Å². The summed E-state index contributed by atoms with van der Waals surface area (Å²) in [5.74, 6) is 5.75. The Labute approximate surface area is 112 Å². The highest BCUT2D eigenvalue weighted by molar-refractivity contribution is 7.99. The fourth-order valence-corrected chi connectivity index (χ4v) is 5.13. The van der Waals surface area contributed by atoms with Gasteiger partial charge in [-0.25, -0.2) is 0 Å². The quantitative estimate of drug-likeness (QED) is 0.799. The van der Waals surface area contributed by atoms with Crippen LogP contribution in [-0.2, 0) is 0 Å². The molecule has 0 radical (unpaired) electrons. The molecule has 1 nitrogen and oxygen atoms in total. The van der Waals surface area contributed by atoms with Gasteiger partial charge < -0.3 is 5.32 Å². The molecule has 1 aliphatic heterocycles. The zero-order valence-electron chi connectivity index (χ0n) is 11.6. The first kappa shape index (κ1) is 13.7. The zero-order valence-corrected chi connectivity index (χ0v) is 12.4. The highest BCUT2D eigenvalue weighted by atomic mass is 32.2. The van der Waals surface area contributed by atoms with E-state index in [2.05, 4.69) is 30.9 Å². The van der Waals surface area contributed by atoms with Crippen LogP contribution in [0.25, 0.3) is 0 Å². The fraction of sp³-hybridized carbons (Fsp3) is 1.00. The van der Waals surface area contributed by atoms with Crippen LogP contribution in [0.2, 0.25) is 0 Å². The number of hydrogen-bond donors (Lipinski definition) is 1. The SMILES string of the molecule is CCNC(C1CCSC1)C1CCCC(CC)C1. The minimum atomic E-state index is 0.823. The molecule has 0 aromatic heterocycles. The Morgan fingerprint density at radius 2 is 2.06 bits per heavy atom. The van der Waals surface area contributed by atoms with Crippen LogP contribution in [0.4, 0.5) is 0 Å². The smallest absolute Gasteiger partial charge is 0.0132 e. The third kappa shape index (κ3) is 3.64. The van der Waals surface area contributed by atoms with E-state index in [-0.39, 0.29) is 0 Å². The molecule has 1 heterocycles. The van der Waals surface area contributed by atoms with E-state index in [0.717, 1.165) is 30.3 Å². The van der Waals surface area contributed by atoms with Crippen LogP contribution >= 0.6 is 11.8 Å². The number of hydrogen-bond acceptors (Lipinski definition) is 2. The molecule has 0 aromatic rings. The van der Waals surface area contributed by atoms with E-state index in [9.17, 15) is 0 Å². The van der Waals surface area contributed by atoms with E-state index in [1.54, 1.807) is 0 Å². The Morgan fingerprint density at radius 1 is 1.18 bits per heavy atom. The molecule has 0 amide bonds. The summed E-state index contributed by atoms with van der Waals surface area (Å²) < 4.78 is 0. The molecule has 1 saturated heterocycles. The molecular formula is C15H29NS. The lowest BCUT2D eigenvalue weighted by Gasteiger charge is -2.37. The lowest BCUT2D eigenvalue weighted by molar-refractivity contribution is 0.176. The van der Waals surface area contributed by atoms with Crippen LogP contribution in [-0.4, -0.2) is 24.1 Å². The lowest BCUT2D eigenvalue weighted by Crippen LogP contribution is -2.44. The summed E-state index contributed by atoms with van der Waals surface area (Å²) in [5.41, 5.74) is 0. The minimum Gasteiger partial charge on any atom is -0.314 e. The van der Waals surface area contributed by atoms with Gasteiger partial charge in [-0.3, -0.25) is 0 Å². The molecule has 2 fully saturated rings. The summed E-state index contributed by atoms with van der Waals surface area (Å²) >= 11 is 2.17. The molecule has 100 valence electrons. The van der Waals surface area contributed by atoms with Gasteiger partial charge in [0.1, 0.15) is 0 Å². The zero-order chi connectivity index (χ0) is 12.1. The second kappa shape index (κ2) is 7.04. The van der Waals surface area contributed by atoms with Crippen molar-refractivity contribution < 1.29 is 0 Å². The van der Waals surface area contributed by atoms with Gasteiger partial charge in [-0.2, -0.15) is 11.8 Å². The average Bonchev–Trinajstić information content (AvgIpc) is 2.89. The highest BCUT2D eigenvalue weighted by Gasteiger charge is 2.33. The van der Waals surface area contributed by atoms with Crippen LogP contribution < -0.4 is 5.32 Å². The lowest BCUT2D eigenvalue weighted by atomic mass is 9.73. The average molecular weight is 255 g/mol. The summed E-state index contributed by atoms with van der Waals surface area (Å²) in [6, 6.07) is 0.823. The largest absolute Gasteiger partial charge is 0.314 e. The minimum absolute atomic E-state index is 0.823. The van der Waals surface area contributed by atoms with Crippen molar-refractivity contribution in [2.75, 3.05) is 18.1 Å². The Balaban J connectivity index is 1.93. The topological polar surface area (TPSA) is 12.0 Å². The van der Waals surface area contributed by atoms with Crippen molar-refractivity contribution in [2.45, 2.75) is 58.4 Å². The van der Waals surface area contributed by atoms with Crippen molar-refractivity contribution in [2.24, 2.45) is 17.8 Å². The maximum absolute atomic E-state index is 3.83. The van der Waals surface area contributed by atoms with E-state index in [4.69, 9.17) is 0 Å². The predicted octanol–water partition coefficient (Wildman–Crippen LogP) is 3.93. The van der Waals surface area contributed by atoms with Gasteiger partial charge in [-0.1, -0.05) is 33.1 Å². The third-order valence-corrected chi connectivity index (χ3v) is 6.01. The van der Waals surface area contributed by atoms with E-state index in [0.29, 0.717) is 0 Å². The third-order valence-electron chi connectivity index (χ3n) is 4.82. The van der Waals surface area contributed by atoms with Crippen molar-refractivity contribution in [3.63, 3.8) is 0 Å². The van der Waals surface area contributed by atoms with Crippen molar-refractivity contribution in [3.8, 4) is 0 Å². The van der Waals surface area contributed by atoms with Gasteiger partial charge in [-0.05, 0) is 55.1 Å². The van der Waals surface area contributed by atoms with Gasteiger partial charge in [0.25, 0.3) is 0 Å². The summed E-state index contributed by atoms with van der Waals surface area (Å²) in [5, 5.41) is 3.83. The van der Waals surface area contributed by atoms with Crippen LogP contribution in [0.1, 0.15) is 52.4 Å². The molecule has 2 rings (SSSR count). The molecule has 0 bridgehead atoms. The molecule has 2 heteroatoms. The van der Waals surface area contributed by atoms with E-state index in [1.807, 2.05) is 0 Å². The van der Waals surface area contributed by atoms with Gasteiger partial charge in [0, 0.05) is 6.04 Å².